The first-order chi connectivity index (χ1) is 7.78. The molecular weight excluding hydrogens is 204 g/mol. The molecule has 2 atom stereocenters. The summed E-state index contributed by atoms with van der Waals surface area (Å²) in [7, 11) is 1.76. The van der Waals surface area contributed by atoms with Crippen molar-refractivity contribution >= 4 is 5.69 Å². The number of nitrogen functional groups attached to an aromatic ring is 1. The molecule has 0 radical (unpaired) electrons. The van der Waals surface area contributed by atoms with E-state index in [9.17, 15) is 0 Å². The molecule has 1 saturated carbocycles. The molecule has 0 amide bonds. The maximum atomic E-state index is 5.80. The van der Waals surface area contributed by atoms with Crippen LogP contribution in [0, 0.1) is 0 Å². The Bertz CT molecular complexity index is 344. The Balaban J connectivity index is 1.94. The zero-order valence-electron chi connectivity index (χ0n) is 9.56. The number of rotatable bonds is 3. The molecule has 1 aromatic heterocycles. The van der Waals surface area contributed by atoms with Crippen molar-refractivity contribution in [2.24, 2.45) is 0 Å². The fourth-order valence-corrected chi connectivity index (χ4v) is 2.08. The van der Waals surface area contributed by atoms with Crippen LogP contribution in [0.2, 0.25) is 0 Å². The summed E-state index contributed by atoms with van der Waals surface area (Å²) in [5.41, 5.74) is 6.36. The molecular formula is C12H18N2O2. The average Bonchev–Trinajstić information content (AvgIpc) is 2.29. The maximum Gasteiger partial charge on any atom is 0.215 e. The second kappa shape index (κ2) is 5.16. The van der Waals surface area contributed by atoms with Gasteiger partial charge in [0.15, 0.2) is 0 Å². The summed E-state index contributed by atoms with van der Waals surface area (Å²) < 4.78 is 11.2. The highest BCUT2D eigenvalue weighted by atomic mass is 16.5. The Morgan fingerprint density at radius 2 is 2.19 bits per heavy atom. The van der Waals surface area contributed by atoms with Crippen molar-refractivity contribution in [3.05, 3.63) is 18.3 Å². The Labute approximate surface area is 95.8 Å². The normalized spacial score (nSPS) is 25.3. The molecule has 2 rings (SSSR count). The van der Waals surface area contributed by atoms with E-state index < -0.39 is 0 Å². The van der Waals surface area contributed by atoms with E-state index in [1.807, 2.05) is 0 Å². The predicted octanol–water partition coefficient (Wildman–Crippen LogP) is 2.00. The molecule has 1 aliphatic rings. The molecule has 4 nitrogen and oxygen atoms in total. The molecule has 88 valence electrons. The SMILES string of the molecule is COC1CCCC(Oc2cc(N)ccn2)C1. The number of methoxy groups -OCH3 is 1. The molecule has 0 aliphatic heterocycles. The van der Waals surface area contributed by atoms with Crippen molar-refractivity contribution in [3.63, 3.8) is 0 Å². The smallest absolute Gasteiger partial charge is 0.215 e. The Hall–Kier alpha value is -1.29. The zero-order chi connectivity index (χ0) is 11.4. The van der Waals surface area contributed by atoms with E-state index in [1.165, 1.54) is 0 Å². The Morgan fingerprint density at radius 1 is 1.38 bits per heavy atom. The van der Waals surface area contributed by atoms with E-state index in [2.05, 4.69) is 4.98 Å². The van der Waals surface area contributed by atoms with Gasteiger partial charge in [-0.05, 0) is 25.3 Å². The highest BCUT2D eigenvalue weighted by molar-refractivity contribution is 5.39. The molecule has 0 spiro atoms. The number of aromatic nitrogens is 1. The highest BCUT2D eigenvalue weighted by Crippen LogP contribution is 2.24. The van der Waals surface area contributed by atoms with Gasteiger partial charge in [0.2, 0.25) is 5.88 Å². The van der Waals surface area contributed by atoms with Crippen LogP contribution in [0.4, 0.5) is 5.69 Å². The monoisotopic (exact) mass is 222 g/mol. The Kier molecular flexibility index (Phi) is 3.62. The number of nitrogens with two attached hydrogens (primary N) is 1. The second-order valence-corrected chi connectivity index (χ2v) is 4.19. The fraction of sp³-hybridized carbons (Fsp3) is 0.583. The van der Waals surface area contributed by atoms with Crippen LogP contribution in [-0.2, 0) is 4.74 Å². The lowest BCUT2D eigenvalue weighted by Gasteiger charge is -2.28. The first-order valence-electron chi connectivity index (χ1n) is 5.69. The van der Waals surface area contributed by atoms with E-state index in [-0.39, 0.29) is 6.10 Å². The third kappa shape index (κ3) is 2.85. The molecule has 1 aromatic rings. The van der Waals surface area contributed by atoms with Gasteiger partial charge in [0.25, 0.3) is 0 Å². The van der Waals surface area contributed by atoms with Crippen LogP contribution in [-0.4, -0.2) is 24.3 Å². The van der Waals surface area contributed by atoms with Gasteiger partial charge in [0.05, 0.1) is 6.10 Å². The van der Waals surface area contributed by atoms with Gasteiger partial charge in [0, 0.05) is 31.5 Å². The molecule has 2 unspecified atom stereocenters. The third-order valence-corrected chi connectivity index (χ3v) is 2.96. The van der Waals surface area contributed by atoms with Crippen LogP contribution in [0.3, 0.4) is 0 Å². The lowest BCUT2D eigenvalue weighted by Crippen LogP contribution is -2.29. The topological polar surface area (TPSA) is 57.4 Å². The molecule has 1 fully saturated rings. The Morgan fingerprint density at radius 3 is 2.94 bits per heavy atom. The lowest BCUT2D eigenvalue weighted by atomic mass is 9.95. The van der Waals surface area contributed by atoms with Crippen molar-refractivity contribution in [3.8, 4) is 5.88 Å². The van der Waals surface area contributed by atoms with Gasteiger partial charge in [-0.3, -0.25) is 0 Å². The summed E-state index contributed by atoms with van der Waals surface area (Å²) in [4.78, 5) is 4.14. The number of ether oxygens (including phenoxy) is 2. The van der Waals surface area contributed by atoms with Crippen LogP contribution in [0.25, 0.3) is 0 Å². The third-order valence-electron chi connectivity index (χ3n) is 2.96. The number of anilines is 1. The number of nitrogens with zero attached hydrogens (tertiary/aromatic N) is 1. The average molecular weight is 222 g/mol. The summed E-state index contributed by atoms with van der Waals surface area (Å²) in [6.07, 6.45) is 6.46. The molecule has 16 heavy (non-hydrogen) atoms. The van der Waals surface area contributed by atoms with Crippen LogP contribution in [0.15, 0.2) is 18.3 Å². The van der Waals surface area contributed by atoms with E-state index in [1.54, 1.807) is 25.4 Å². The largest absolute Gasteiger partial charge is 0.474 e. The minimum atomic E-state index is 0.202. The summed E-state index contributed by atoms with van der Waals surface area (Å²) >= 11 is 0. The highest BCUT2D eigenvalue weighted by Gasteiger charge is 2.23. The van der Waals surface area contributed by atoms with Crippen molar-refractivity contribution in [2.75, 3.05) is 12.8 Å². The number of pyridine rings is 1. The number of hydrogen-bond donors (Lipinski definition) is 1. The van der Waals surface area contributed by atoms with Crippen molar-refractivity contribution in [1.29, 1.82) is 0 Å². The van der Waals surface area contributed by atoms with Gasteiger partial charge in [-0.15, -0.1) is 0 Å². The van der Waals surface area contributed by atoms with Gasteiger partial charge in [-0.1, -0.05) is 0 Å². The quantitative estimate of drug-likeness (QED) is 0.849. The lowest BCUT2D eigenvalue weighted by molar-refractivity contribution is 0.0195. The van der Waals surface area contributed by atoms with Crippen molar-refractivity contribution in [1.82, 2.24) is 4.98 Å². The minimum Gasteiger partial charge on any atom is -0.474 e. The van der Waals surface area contributed by atoms with Gasteiger partial charge in [-0.2, -0.15) is 0 Å². The molecule has 0 saturated heterocycles. The van der Waals surface area contributed by atoms with Crippen LogP contribution < -0.4 is 10.5 Å². The van der Waals surface area contributed by atoms with E-state index in [0.717, 1.165) is 25.7 Å². The van der Waals surface area contributed by atoms with Crippen molar-refractivity contribution in [2.45, 2.75) is 37.9 Å². The molecule has 0 bridgehead atoms. The van der Waals surface area contributed by atoms with E-state index >= 15 is 0 Å². The predicted molar refractivity (Wildman–Crippen MR) is 62.3 cm³/mol. The minimum absolute atomic E-state index is 0.202. The molecule has 4 heteroatoms. The van der Waals surface area contributed by atoms with Gasteiger partial charge in [-0.25, -0.2) is 4.98 Å². The molecule has 1 aliphatic carbocycles. The molecule has 0 aromatic carbocycles. The van der Waals surface area contributed by atoms with Crippen molar-refractivity contribution < 1.29 is 9.47 Å². The summed E-state index contributed by atoms with van der Waals surface area (Å²) in [5, 5.41) is 0. The van der Waals surface area contributed by atoms with Crippen LogP contribution >= 0.6 is 0 Å². The fourth-order valence-electron chi connectivity index (χ4n) is 2.08. The zero-order valence-corrected chi connectivity index (χ0v) is 9.56. The van der Waals surface area contributed by atoms with E-state index in [0.29, 0.717) is 17.7 Å². The molecule has 2 N–H and O–H groups in total. The van der Waals surface area contributed by atoms with Gasteiger partial charge in [0.1, 0.15) is 6.10 Å². The summed E-state index contributed by atoms with van der Waals surface area (Å²) in [6.45, 7) is 0. The van der Waals surface area contributed by atoms with Gasteiger partial charge < -0.3 is 15.2 Å². The van der Waals surface area contributed by atoms with E-state index in [4.69, 9.17) is 15.2 Å². The first-order valence-corrected chi connectivity index (χ1v) is 5.69. The maximum absolute atomic E-state index is 5.80. The van der Waals surface area contributed by atoms with Crippen LogP contribution in [0.1, 0.15) is 25.7 Å². The number of hydrogen-bond acceptors (Lipinski definition) is 4. The van der Waals surface area contributed by atoms with Crippen LogP contribution in [0.5, 0.6) is 5.88 Å². The second-order valence-electron chi connectivity index (χ2n) is 4.19. The van der Waals surface area contributed by atoms with Gasteiger partial charge >= 0.3 is 0 Å². The standard InChI is InChI=1S/C12H18N2O2/c1-15-10-3-2-4-11(8-10)16-12-7-9(13)5-6-14-12/h5-7,10-11H,2-4,8H2,1H3,(H2,13,14). The first kappa shape index (κ1) is 11.2. The summed E-state index contributed by atoms with van der Waals surface area (Å²) in [5.74, 6) is 0.613. The molecule has 1 heterocycles. The summed E-state index contributed by atoms with van der Waals surface area (Å²) in [6, 6.07) is 3.52.